The summed E-state index contributed by atoms with van der Waals surface area (Å²) in [6.45, 7) is 0. The number of hydrogen-bond acceptors (Lipinski definition) is 4. The van der Waals surface area contributed by atoms with E-state index in [1.807, 2.05) is 0 Å². The van der Waals surface area contributed by atoms with Crippen LogP contribution in [0, 0.1) is 5.82 Å². The Bertz CT molecular complexity index is 551. The van der Waals surface area contributed by atoms with Crippen molar-refractivity contribution in [1.82, 2.24) is 0 Å². The molecule has 1 rings (SSSR count). The molecule has 4 N–H and O–H groups in total. The van der Waals surface area contributed by atoms with Crippen molar-refractivity contribution >= 4 is 13.3 Å². The summed E-state index contributed by atoms with van der Waals surface area (Å²) < 4.78 is 30.2. The second-order valence-corrected chi connectivity index (χ2v) is 7.31. The van der Waals surface area contributed by atoms with Crippen LogP contribution >= 0.6 is 7.37 Å². The smallest absolute Gasteiger partial charge is 0.303 e. The molecule has 2 unspecified atom stereocenters. The van der Waals surface area contributed by atoms with Gasteiger partial charge in [0.15, 0.2) is 0 Å². The lowest BCUT2D eigenvalue weighted by Crippen LogP contribution is -2.23. The van der Waals surface area contributed by atoms with Crippen molar-refractivity contribution in [1.29, 1.82) is 0 Å². The van der Waals surface area contributed by atoms with Crippen LogP contribution in [0.4, 0.5) is 4.39 Å². The van der Waals surface area contributed by atoms with Crippen molar-refractivity contribution in [2.45, 2.75) is 25.0 Å². The van der Waals surface area contributed by atoms with Gasteiger partial charge in [-0.1, -0.05) is 6.07 Å². The lowest BCUT2D eigenvalue weighted by molar-refractivity contribution is -0.137. The Morgan fingerprint density at radius 3 is 2.76 bits per heavy atom. The molecule has 21 heavy (non-hydrogen) atoms. The largest absolute Gasteiger partial charge is 0.496 e. The summed E-state index contributed by atoms with van der Waals surface area (Å²) in [6.07, 6.45) is -0.247. The number of carboxylic acids is 1. The number of benzene rings is 1. The second-order valence-electron chi connectivity index (χ2n) is 4.69. The van der Waals surface area contributed by atoms with Crippen molar-refractivity contribution in [2.24, 2.45) is 5.73 Å². The lowest BCUT2D eigenvalue weighted by Gasteiger charge is -2.19. The minimum atomic E-state index is -3.68. The minimum Gasteiger partial charge on any atom is -0.496 e. The van der Waals surface area contributed by atoms with E-state index in [9.17, 15) is 18.6 Å². The normalized spacial score (nSPS) is 15.2. The lowest BCUT2D eigenvalue weighted by atomic mass is 10.1. The maximum atomic E-state index is 13.1. The van der Waals surface area contributed by atoms with E-state index in [2.05, 4.69) is 0 Å². The van der Waals surface area contributed by atoms with Gasteiger partial charge < -0.3 is 20.5 Å². The van der Waals surface area contributed by atoms with Crippen molar-refractivity contribution in [3.63, 3.8) is 0 Å². The highest BCUT2D eigenvalue weighted by molar-refractivity contribution is 7.58. The fourth-order valence-corrected chi connectivity index (χ4v) is 3.27. The van der Waals surface area contributed by atoms with E-state index < -0.39 is 24.9 Å². The van der Waals surface area contributed by atoms with Crippen LogP contribution in [0.5, 0.6) is 5.75 Å². The number of rotatable bonds is 8. The monoisotopic (exact) mass is 319 g/mol. The SMILES string of the molecule is COc1cc(F)ccc1CCP(=O)(O)C(N)CCC(=O)O. The van der Waals surface area contributed by atoms with E-state index in [0.29, 0.717) is 11.3 Å². The Morgan fingerprint density at radius 2 is 2.19 bits per heavy atom. The Kier molecular flexibility index (Phi) is 6.33. The van der Waals surface area contributed by atoms with Crippen LogP contribution in [0.15, 0.2) is 18.2 Å². The third-order valence-corrected chi connectivity index (χ3v) is 5.28. The first-order valence-corrected chi connectivity index (χ1v) is 8.29. The molecule has 0 bridgehead atoms. The van der Waals surface area contributed by atoms with Crippen LogP contribution in [0.25, 0.3) is 0 Å². The van der Waals surface area contributed by atoms with Crippen LogP contribution in [-0.2, 0) is 15.8 Å². The quantitative estimate of drug-likeness (QED) is 0.630. The third kappa shape index (κ3) is 5.46. The summed E-state index contributed by atoms with van der Waals surface area (Å²) in [4.78, 5) is 20.3. The topological polar surface area (TPSA) is 110 Å². The number of aryl methyl sites for hydroxylation is 1. The molecule has 118 valence electrons. The Balaban J connectivity index is 2.68. The third-order valence-electron chi connectivity index (χ3n) is 3.12. The van der Waals surface area contributed by atoms with E-state index in [1.54, 1.807) is 0 Å². The van der Waals surface area contributed by atoms with Gasteiger partial charge in [-0.05, 0) is 24.5 Å². The summed E-state index contributed by atoms with van der Waals surface area (Å²) in [7, 11) is -2.30. The molecule has 0 spiro atoms. The van der Waals surface area contributed by atoms with Crippen LogP contribution in [0.3, 0.4) is 0 Å². The molecule has 0 heterocycles. The van der Waals surface area contributed by atoms with Gasteiger partial charge in [0.2, 0.25) is 7.37 Å². The predicted molar refractivity (Wildman–Crippen MR) is 76.2 cm³/mol. The minimum absolute atomic E-state index is 0.0658. The molecule has 0 fully saturated rings. The van der Waals surface area contributed by atoms with Crippen LogP contribution in [0.2, 0.25) is 0 Å². The van der Waals surface area contributed by atoms with Gasteiger partial charge in [0.25, 0.3) is 0 Å². The summed E-state index contributed by atoms with van der Waals surface area (Å²) >= 11 is 0. The summed E-state index contributed by atoms with van der Waals surface area (Å²) in [5, 5.41) is 8.55. The van der Waals surface area contributed by atoms with Gasteiger partial charge in [0.1, 0.15) is 11.6 Å². The Hall–Kier alpha value is -1.43. The molecule has 0 aliphatic rings. The molecule has 6 nitrogen and oxygen atoms in total. The molecular formula is C13H19FNO5P. The average molecular weight is 319 g/mol. The van der Waals surface area contributed by atoms with E-state index in [4.69, 9.17) is 15.6 Å². The van der Waals surface area contributed by atoms with E-state index in [-0.39, 0.29) is 25.4 Å². The fourth-order valence-electron chi connectivity index (χ4n) is 1.84. The molecule has 0 aromatic heterocycles. The second kappa shape index (κ2) is 7.54. The van der Waals surface area contributed by atoms with Crippen molar-refractivity contribution in [3.05, 3.63) is 29.6 Å². The molecule has 0 aliphatic heterocycles. The van der Waals surface area contributed by atoms with Gasteiger partial charge >= 0.3 is 5.97 Å². The maximum Gasteiger partial charge on any atom is 0.303 e. The molecule has 1 aromatic rings. The van der Waals surface area contributed by atoms with Crippen molar-refractivity contribution < 1.29 is 28.5 Å². The van der Waals surface area contributed by atoms with E-state index in [0.717, 1.165) is 0 Å². The van der Waals surface area contributed by atoms with Crippen LogP contribution < -0.4 is 10.5 Å². The van der Waals surface area contributed by atoms with Gasteiger partial charge in [-0.25, -0.2) is 4.39 Å². The van der Waals surface area contributed by atoms with Gasteiger partial charge in [-0.2, -0.15) is 0 Å². The fraction of sp³-hybridized carbons (Fsp3) is 0.462. The summed E-state index contributed by atoms with van der Waals surface area (Å²) in [6, 6.07) is 3.92. The standard InChI is InChI=1S/C13H19FNO5P/c1-20-11-8-10(14)3-2-9(11)6-7-21(18,19)12(15)4-5-13(16)17/h2-3,8,12H,4-7,15H2,1H3,(H,16,17)(H,18,19). The average Bonchev–Trinajstić information content (AvgIpc) is 2.43. The van der Waals surface area contributed by atoms with Gasteiger partial charge in [-0.15, -0.1) is 0 Å². The molecular weight excluding hydrogens is 300 g/mol. The number of aliphatic carboxylic acids is 1. The number of hydrogen-bond donors (Lipinski definition) is 3. The first-order chi connectivity index (χ1) is 9.76. The molecule has 0 saturated heterocycles. The Morgan fingerprint density at radius 1 is 1.52 bits per heavy atom. The maximum absolute atomic E-state index is 13.1. The van der Waals surface area contributed by atoms with Crippen LogP contribution in [-0.4, -0.2) is 35.0 Å². The zero-order valence-electron chi connectivity index (χ0n) is 11.7. The molecule has 0 saturated carbocycles. The van der Waals surface area contributed by atoms with E-state index >= 15 is 0 Å². The highest BCUT2D eigenvalue weighted by Crippen LogP contribution is 2.46. The first-order valence-electron chi connectivity index (χ1n) is 6.37. The number of nitrogens with two attached hydrogens (primary N) is 1. The molecule has 8 heteroatoms. The number of carbonyl (C=O) groups is 1. The van der Waals surface area contributed by atoms with Gasteiger partial charge in [-0.3, -0.25) is 9.36 Å². The van der Waals surface area contributed by atoms with E-state index in [1.165, 1.54) is 25.3 Å². The molecule has 2 atom stereocenters. The van der Waals surface area contributed by atoms with Crippen LogP contribution in [0.1, 0.15) is 18.4 Å². The first kappa shape index (κ1) is 17.6. The predicted octanol–water partition coefficient (Wildman–Crippen LogP) is 1.80. The zero-order valence-corrected chi connectivity index (χ0v) is 12.6. The number of methoxy groups -OCH3 is 1. The Labute approximate surface area is 122 Å². The molecule has 1 aromatic carbocycles. The molecule has 0 radical (unpaired) electrons. The zero-order chi connectivity index (χ0) is 16.0. The molecule has 0 amide bonds. The van der Waals surface area contributed by atoms with Gasteiger partial charge in [0.05, 0.1) is 12.9 Å². The highest BCUT2D eigenvalue weighted by Gasteiger charge is 2.28. The summed E-state index contributed by atoms with van der Waals surface area (Å²) in [5.41, 5.74) is 6.19. The number of halogens is 1. The van der Waals surface area contributed by atoms with Crippen molar-refractivity contribution in [2.75, 3.05) is 13.3 Å². The number of carboxylic acid groups (broad SMARTS) is 1. The highest BCUT2D eigenvalue weighted by atomic mass is 31.2. The number of ether oxygens (including phenoxy) is 1. The van der Waals surface area contributed by atoms with Gasteiger partial charge in [0, 0.05) is 18.6 Å². The molecule has 0 aliphatic carbocycles. The summed E-state index contributed by atoms with van der Waals surface area (Å²) in [5.74, 6) is -2.30. The van der Waals surface area contributed by atoms with Crippen molar-refractivity contribution in [3.8, 4) is 5.75 Å².